The molecule has 0 bridgehead atoms. The highest BCUT2D eigenvalue weighted by Gasteiger charge is 2.08. The van der Waals surface area contributed by atoms with Crippen LogP contribution in [0.4, 0.5) is 11.6 Å². The lowest BCUT2D eigenvalue weighted by molar-refractivity contribution is -0.131. The molecule has 0 spiro atoms. The van der Waals surface area contributed by atoms with Crippen LogP contribution in [0, 0.1) is 0 Å². The molecule has 0 aliphatic carbocycles. The molecule has 0 unspecified atom stereocenters. The fourth-order valence-electron chi connectivity index (χ4n) is 2.16. The number of rotatable bonds is 4. The molecule has 0 atom stereocenters. The molecule has 2 aromatic carbocycles. The number of fused-ring (bicyclic) bond motifs is 1. The second-order valence-electron chi connectivity index (χ2n) is 5.20. The highest BCUT2D eigenvalue weighted by molar-refractivity contribution is 7.89. The predicted molar refractivity (Wildman–Crippen MR) is 91.9 cm³/mol. The molecule has 0 radical (unpaired) electrons. The Morgan fingerprint density at radius 2 is 1.88 bits per heavy atom. The summed E-state index contributed by atoms with van der Waals surface area (Å²) < 4.78 is 27.5. The van der Waals surface area contributed by atoms with Crippen LogP contribution in [0.2, 0.25) is 0 Å². The highest BCUT2D eigenvalue weighted by Crippen LogP contribution is 2.22. The summed E-state index contributed by atoms with van der Waals surface area (Å²) in [5, 5.41) is 8.75. The van der Waals surface area contributed by atoms with E-state index < -0.39 is 16.0 Å². The smallest absolute Gasteiger partial charge is 0.308 e. The Balaban J connectivity index is 1.83. The summed E-state index contributed by atoms with van der Waals surface area (Å²) in [7, 11) is -3.73. The van der Waals surface area contributed by atoms with Crippen molar-refractivity contribution >= 4 is 38.5 Å². The predicted octanol–water partition coefficient (Wildman–Crippen LogP) is 1.95. The summed E-state index contributed by atoms with van der Waals surface area (Å²) in [6.45, 7) is 1.33. The standard InChI is InChI=1S/C16H14N4O4S/c1-10(21)24-13-4-7-15-11(8-13)9-18-16(20-15)19-12-2-5-14(6-3-12)25(17,22)23/h2-9H,1H3,(H2,17,22,23)(H,18,19,20). The quantitative estimate of drug-likeness (QED) is 0.539. The second kappa shape index (κ2) is 6.46. The third-order valence-electron chi connectivity index (χ3n) is 3.25. The average Bonchev–Trinajstić information content (AvgIpc) is 2.54. The van der Waals surface area contributed by atoms with Crippen LogP contribution < -0.4 is 15.2 Å². The molecule has 9 heteroatoms. The van der Waals surface area contributed by atoms with Crippen molar-refractivity contribution in [1.82, 2.24) is 9.97 Å². The van der Waals surface area contributed by atoms with Gasteiger partial charge in [0.1, 0.15) is 5.75 Å². The molecule has 0 aliphatic rings. The maximum absolute atomic E-state index is 11.2. The van der Waals surface area contributed by atoms with Gasteiger partial charge in [-0.1, -0.05) is 0 Å². The molecule has 0 amide bonds. The Hall–Kier alpha value is -3.04. The Morgan fingerprint density at radius 1 is 1.16 bits per heavy atom. The van der Waals surface area contributed by atoms with Crippen molar-refractivity contribution in [3.8, 4) is 5.75 Å². The minimum absolute atomic E-state index is 0.0236. The van der Waals surface area contributed by atoms with Crippen molar-refractivity contribution < 1.29 is 17.9 Å². The van der Waals surface area contributed by atoms with Crippen molar-refractivity contribution in [2.75, 3.05) is 5.32 Å². The first-order chi connectivity index (χ1) is 11.8. The molecule has 0 saturated carbocycles. The number of aromatic nitrogens is 2. The van der Waals surface area contributed by atoms with Crippen LogP contribution in [-0.4, -0.2) is 24.4 Å². The number of sulfonamides is 1. The van der Waals surface area contributed by atoms with Gasteiger partial charge in [-0.05, 0) is 42.5 Å². The van der Waals surface area contributed by atoms with E-state index in [1.165, 1.54) is 19.1 Å². The maximum atomic E-state index is 11.2. The Kier molecular flexibility index (Phi) is 4.34. The average molecular weight is 358 g/mol. The number of benzene rings is 2. The van der Waals surface area contributed by atoms with E-state index >= 15 is 0 Å². The number of anilines is 2. The monoisotopic (exact) mass is 358 g/mol. The minimum Gasteiger partial charge on any atom is -0.427 e. The molecular weight excluding hydrogens is 344 g/mol. The first-order valence-corrected chi connectivity index (χ1v) is 8.71. The second-order valence-corrected chi connectivity index (χ2v) is 6.76. The van der Waals surface area contributed by atoms with Crippen LogP contribution in [0.15, 0.2) is 53.6 Å². The lowest BCUT2D eigenvalue weighted by Crippen LogP contribution is -2.11. The van der Waals surface area contributed by atoms with E-state index in [1.807, 2.05) is 0 Å². The van der Waals surface area contributed by atoms with Crippen LogP contribution in [0.5, 0.6) is 5.75 Å². The van der Waals surface area contributed by atoms with Gasteiger partial charge in [-0.2, -0.15) is 0 Å². The highest BCUT2D eigenvalue weighted by atomic mass is 32.2. The largest absolute Gasteiger partial charge is 0.427 e. The first kappa shape index (κ1) is 16.8. The van der Waals surface area contributed by atoms with Crippen LogP contribution in [0.3, 0.4) is 0 Å². The summed E-state index contributed by atoms with van der Waals surface area (Å²) in [6, 6.07) is 10.9. The molecule has 0 aliphatic heterocycles. The van der Waals surface area contributed by atoms with E-state index in [0.29, 0.717) is 28.3 Å². The number of nitrogens with zero attached hydrogens (tertiary/aromatic N) is 2. The van der Waals surface area contributed by atoms with E-state index in [1.54, 1.807) is 36.5 Å². The third-order valence-corrected chi connectivity index (χ3v) is 4.18. The molecule has 3 rings (SSSR count). The molecule has 0 saturated heterocycles. The van der Waals surface area contributed by atoms with Gasteiger partial charge < -0.3 is 10.1 Å². The fraction of sp³-hybridized carbons (Fsp3) is 0.0625. The Labute approximate surface area is 143 Å². The molecule has 8 nitrogen and oxygen atoms in total. The van der Waals surface area contributed by atoms with Crippen molar-refractivity contribution in [1.29, 1.82) is 0 Å². The number of ether oxygens (including phenoxy) is 1. The number of hydrogen-bond donors (Lipinski definition) is 2. The van der Waals surface area contributed by atoms with E-state index in [-0.39, 0.29) is 4.90 Å². The van der Waals surface area contributed by atoms with E-state index in [2.05, 4.69) is 15.3 Å². The molecule has 1 heterocycles. The van der Waals surface area contributed by atoms with Gasteiger partial charge in [0.15, 0.2) is 0 Å². The zero-order chi connectivity index (χ0) is 18.0. The van der Waals surface area contributed by atoms with Gasteiger partial charge in [0.2, 0.25) is 16.0 Å². The number of hydrogen-bond acceptors (Lipinski definition) is 7. The third kappa shape index (κ3) is 4.08. The number of esters is 1. The molecule has 128 valence electrons. The number of carbonyl (C=O) groups is 1. The van der Waals surface area contributed by atoms with Crippen LogP contribution >= 0.6 is 0 Å². The number of nitrogens with two attached hydrogens (primary N) is 1. The molecule has 25 heavy (non-hydrogen) atoms. The summed E-state index contributed by atoms with van der Waals surface area (Å²) in [6.07, 6.45) is 1.59. The van der Waals surface area contributed by atoms with Gasteiger partial charge >= 0.3 is 5.97 Å². The fourth-order valence-corrected chi connectivity index (χ4v) is 2.67. The van der Waals surface area contributed by atoms with E-state index in [9.17, 15) is 13.2 Å². The molecule has 1 aromatic heterocycles. The van der Waals surface area contributed by atoms with E-state index in [0.717, 1.165) is 0 Å². The van der Waals surface area contributed by atoms with Crippen LogP contribution in [0.25, 0.3) is 10.9 Å². The number of carbonyl (C=O) groups excluding carboxylic acids is 1. The maximum Gasteiger partial charge on any atom is 0.308 e. The van der Waals surface area contributed by atoms with Gasteiger partial charge in [-0.15, -0.1) is 0 Å². The Bertz CT molecular complexity index is 1050. The molecular formula is C16H14N4O4S. The summed E-state index contributed by atoms with van der Waals surface area (Å²) in [4.78, 5) is 19.6. The minimum atomic E-state index is -3.73. The molecule has 3 N–H and O–H groups in total. The zero-order valence-electron chi connectivity index (χ0n) is 13.1. The Morgan fingerprint density at radius 3 is 2.52 bits per heavy atom. The lowest BCUT2D eigenvalue weighted by atomic mass is 10.2. The first-order valence-electron chi connectivity index (χ1n) is 7.16. The van der Waals surface area contributed by atoms with Crippen molar-refractivity contribution in [3.05, 3.63) is 48.7 Å². The van der Waals surface area contributed by atoms with Crippen LogP contribution in [0.1, 0.15) is 6.92 Å². The summed E-state index contributed by atoms with van der Waals surface area (Å²) >= 11 is 0. The topological polar surface area (TPSA) is 124 Å². The summed E-state index contributed by atoms with van der Waals surface area (Å²) in [5.41, 5.74) is 1.28. The van der Waals surface area contributed by atoms with Gasteiger partial charge in [-0.3, -0.25) is 4.79 Å². The van der Waals surface area contributed by atoms with Gasteiger partial charge in [0, 0.05) is 24.2 Å². The van der Waals surface area contributed by atoms with Gasteiger partial charge in [-0.25, -0.2) is 23.5 Å². The van der Waals surface area contributed by atoms with Gasteiger partial charge in [0.05, 0.1) is 10.4 Å². The summed E-state index contributed by atoms with van der Waals surface area (Å²) in [5.74, 6) is 0.362. The normalized spacial score (nSPS) is 11.3. The van der Waals surface area contributed by atoms with Gasteiger partial charge in [0.25, 0.3) is 0 Å². The lowest BCUT2D eigenvalue weighted by Gasteiger charge is -2.07. The zero-order valence-corrected chi connectivity index (χ0v) is 13.9. The van der Waals surface area contributed by atoms with E-state index in [4.69, 9.17) is 9.88 Å². The van der Waals surface area contributed by atoms with Crippen LogP contribution in [-0.2, 0) is 14.8 Å². The van der Waals surface area contributed by atoms with Crippen molar-refractivity contribution in [3.63, 3.8) is 0 Å². The van der Waals surface area contributed by atoms with Crippen molar-refractivity contribution in [2.24, 2.45) is 5.14 Å². The number of primary sulfonamides is 1. The molecule has 0 fully saturated rings. The van der Waals surface area contributed by atoms with Crippen molar-refractivity contribution in [2.45, 2.75) is 11.8 Å². The SMILES string of the molecule is CC(=O)Oc1ccc2nc(Nc3ccc(S(N)(=O)=O)cc3)ncc2c1. The molecule has 3 aromatic rings. The number of nitrogens with one attached hydrogen (secondary N) is 1.